The van der Waals surface area contributed by atoms with Gasteiger partial charge in [-0.3, -0.25) is 14.4 Å². The van der Waals surface area contributed by atoms with Gasteiger partial charge < -0.3 is 10.6 Å². The van der Waals surface area contributed by atoms with Crippen molar-refractivity contribution in [1.29, 1.82) is 0 Å². The van der Waals surface area contributed by atoms with Crippen LogP contribution < -0.4 is 15.5 Å². The van der Waals surface area contributed by atoms with Gasteiger partial charge in [0.2, 0.25) is 5.91 Å². The van der Waals surface area contributed by atoms with Crippen LogP contribution in [0.25, 0.3) is 5.57 Å². The van der Waals surface area contributed by atoms with Gasteiger partial charge in [0.05, 0.1) is 11.3 Å². The number of rotatable bonds is 6. The number of anilines is 3. The molecule has 0 aliphatic carbocycles. The summed E-state index contributed by atoms with van der Waals surface area (Å²) < 4.78 is 27.2. The molecule has 0 atom stereocenters. The van der Waals surface area contributed by atoms with Crippen LogP contribution in [-0.2, 0) is 20.8 Å². The molecule has 0 saturated heterocycles. The van der Waals surface area contributed by atoms with E-state index in [1.807, 2.05) is 19.1 Å². The van der Waals surface area contributed by atoms with Crippen molar-refractivity contribution in [3.05, 3.63) is 95.2 Å². The van der Waals surface area contributed by atoms with Crippen LogP contribution in [0.3, 0.4) is 0 Å². The van der Waals surface area contributed by atoms with E-state index in [1.165, 1.54) is 13.0 Å². The van der Waals surface area contributed by atoms with E-state index < -0.39 is 23.4 Å². The molecule has 2 N–H and O–H groups in total. The van der Waals surface area contributed by atoms with Crippen LogP contribution in [0.15, 0.2) is 72.4 Å². The Bertz CT molecular complexity index is 1320. The highest BCUT2D eigenvalue weighted by Crippen LogP contribution is 2.34. The summed E-state index contributed by atoms with van der Waals surface area (Å²) in [5, 5.41) is 5.44. The largest absolute Gasteiger partial charge is 0.350 e. The number of imide groups is 1. The van der Waals surface area contributed by atoms with Gasteiger partial charge in [-0.25, -0.2) is 13.7 Å². The predicted octanol–water partition coefficient (Wildman–Crippen LogP) is 4.88. The molecule has 172 valence electrons. The lowest BCUT2D eigenvalue weighted by atomic mass is 10.0. The maximum atomic E-state index is 13.8. The number of nitrogens with zero attached hydrogens (tertiary/aromatic N) is 1. The van der Waals surface area contributed by atoms with E-state index >= 15 is 0 Å². The van der Waals surface area contributed by atoms with Crippen molar-refractivity contribution in [3.63, 3.8) is 0 Å². The standard InChI is InChI=1S/C26H21F2N3O3/c1-3-16-4-11-20(12-5-16)31-25(33)23(17-6-8-18(9-7-17)29-15(2)32)24(26(31)34)30-19-10-13-21(27)22(28)14-19/h4-14,30H,3H2,1-2H3,(H,29,32). The Balaban J connectivity index is 1.77. The molecule has 3 amide bonds. The molecule has 1 aliphatic heterocycles. The van der Waals surface area contributed by atoms with Crippen LogP contribution in [-0.4, -0.2) is 17.7 Å². The van der Waals surface area contributed by atoms with Gasteiger partial charge >= 0.3 is 0 Å². The summed E-state index contributed by atoms with van der Waals surface area (Å²) in [6.07, 6.45) is 0.801. The molecule has 0 bridgehead atoms. The minimum absolute atomic E-state index is 0.0668. The molecule has 6 nitrogen and oxygen atoms in total. The topological polar surface area (TPSA) is 78.5 Å². The first-order valence-corrected chi connectivity index (χ1v) is 10.6. The van der Waals surface area contributed by atoms with Crippen LogP contribution in [0.1, 0.15) is 25.0 Å². The molecular weight excluding hydrogens is 440 g/mol. The molecule has 0 fully saturated rings. The number of nitrogens with one attached hydrogen (secondary N) is 2. The number of hydrogen-bond donors (Lipinski definition) is 2. The number of halogens is 2. The summed E-state index contributed by atoms with van der Waals surface area (Å²) in [7, 11) is 0. The van der Waals surface area contributed by atoms with E-state index in [-0.39, 0.29) is 22.9 Å². The minimum atomic E-state index is -1.09. The third kappa shape index (κ3) is 4.43. The molecular formula is C26H21F2N3O3. The zero-order valence-electron chi connectivity index (χ0n) is 18.5. The van der Waals surface area contributed by atoms with Crippen molar-refractivity contribution >= 4 is 40.4 Å². The molecule has 0 unspecified atom stereocenters. The molecule has 4 rings (SSSR count). The Morgan fingerprint density at radius 3 is 2.09 bits per heavy atom. The van der Waals surface area contributed by atoms with Gasteiger partial charge in [-0.15, -0.1) is 0 Å². The molecule has 1 aliphatic rings. The van der Waals surface area contributed by atoms with E-state index in [9.17, 15) is 23.2 Å². The highest BCUT2D eigenvalue weighted by molar-refractivity contribution is 6.46. The van der Waals surface area contributed by atoms with Gasteiger partial charge in [0.1, 0.15) is 5.70 Å². The number of benzene rings is 3. The predicted molar refractivity (Wildman–Crippen MR) is 126 cm³/mol. The maximum absolute atomic E-state index is 13.8. The molecule has 0 radical (unpaired) electrons. The minimum Gasteiger partial charge on any atom is -0.350 e. The lowest BCUT2D eigenvalue weighted by molar-refractivity contribution is -0.120. The van der Waals surface area contributed by atoms with E-state index in [4.69, 9.17) is 0 Å². The van der Waals surface area contributed by atoms with Crippen molar-refractivity contribution in [1.82, 2.24) is 0 Å². The Hall–Kier alpha value is -4.33. The lowest BCUT2D eigenvalue weighted by Crippen LogP contribution is -2.32. The summed E-state index contributed by atoms with van der Waals surface area (Å²) in [5.41, 5.74) is 2.50. The van der Waals surface area contributed by atoms with Gasteiger partial charge in [-0.1, -0.05) is 31.2 Å². The van der Waals surface area contributed by atoms with E-state index in [0.717, 1.165) is 29.0 Å². The van der Waals surface area contributed by atoms with Crippen LogP contribution in [0.4, 0.5) is 25.8 Å². The highest BCUT2D eigenvalue weighted by atomic mass is 19.2. The maximum Gasteiger partial charge on any atom is 0.282 e. The first-order chi connectivity index (χ1) is 16.3. The molecule has 0 saturated carbocycles. The Morgan fingerprint density at radius 2 is 1.50 bits per heavy atom. The van der Waals surface area contributed by atoms with Crippen molar-refractivity contribution < 1.29 is 23.2 Å². The second kappa shape index (κ2) is 9.27. The van der Waals surface area contributed by atoms with Crippen LogP contribution >= 0.6 is 0 Å². The fourth-order valence-electron chi connectivity index (χ4n) is 3.67. The molecule has 1 heterocycles. The lowest BCUT2D eigenvalue weighted by Gasteiger charge is -2.16. The monoisotopic (exact) mass is 461 g/mol. The smallest absolute Gasteiger partial charge is 0.282 e. The second-order valence-electron chi connectivity index (χ2n) is 7.73. The molecule has 3 aromatic carbocycles. The van der Waals surface area contributed by atoms with Crippen molar-refractivity contribution in [2.75, 3.05) is 15.5 Å². The highest BCUT2D eigenvalue weighted by Gasteiger charge is 2.40. The summed E-state index contributed by atoms with van der Waals surface area (Å²) in [4.78, 5) is 39.2. The first kappa shape index (κ1) is 22.8. The van der Waals surface area contributed by atoms with Crippen LogP contribution in [0, 0.1) is 11.6 Å². The van der Waals surface area contributed by atoms with Gasteiger partial charge in [0, 0.05) is 24.4 Å². The Kier molecular flexibility index (Phi) is 6.23. The third-order valence-corrected chi connectivity index (χ3v) is 5.37. The number of amides is 3. The molecule has 0 aromatic heterocycles. The van der Waals surface area contributed by atoms with Crippen LogP contribution in [0.2, 0.25) is 0 Å². The number of hydrogen-bond acceptors (Lipinski definition) is 4. The van der Waals surface area contributed by atoms with E-state index in [1.54, 1.807) is 36.4 Å². The number of carbonyl (C=O) groups is 3. The molecule has 0 spiro atoms. The van der Waals surface area contributed by atoms with Crippen molar-refractivity contribution in [2.45, 2.75) is 20.3 Å². The van der Waals surface area contributed by atoms with Gasteiger partial charge in [0.25, 0.3) is 11.8 Å². The number of carbonyl (C=O) groups excluding carboxylic acids is 3. The summed E-state index contributed by atoms with van der Waals surface area (Å²) in [5.74, 6) is -3.55. The zero-order chi connectivity index (χ0) is 24.4. The zero-order valence-corrected chi connectivity index (χ0v) is 18.5. The van der Waals surface area contributed by atoms with Crippen molar-refractivity contribution in [3.8, 4) is 0 Å². The van der Waals surface area contributed by atoms with Crippen LogP contribution in [0.5, 0.6) is 0 Å². The molecule has 8 heteroatoms. The average molecular weight is 461 g/mol. The molecule has 34 heavy (non-hydrogen) atoms. The Morgan fingerprint density at radius 1 is 0.853 bits per heavy atom. The van der Waals surface area contributed by atoms with E-state index in [2.05, 4.69) is 10.6 Å². The average Bonchev–Trinajstić information content (AvgIpc) is 3.06. The fourth-order valence-corrected chi connectivity index (χ4v) is 3.67. The SMILES string of the molecule is CCc1ccc(N2C(=O)C(Nc3ccc(F)c(F)c3)=C(c3ccc(NC(C)=O)cc3)C2=O)cc1. The second-order valence-corrected chi connectivity index (χ2v) is 7.73. The number of aryl methyl sites for hydroxylation is 1. The normalized spacial score (nSPS) is 13.5. The van der Waals surface area contributed by atoms with Gasteiger partial charge in [0.15, 0.2) is 11.6 Å². The van der Waals surface area contributed by atoms with Gasteiger partial charge in [-0.05, 0) is 53.9 Å². The summed E-state index contributed by atoms with van der Waals surface area (Å²) in [6.45, 7) is 3.37. The first-order valence-electron chi connectivity index (χ1n) is 10.6. The quantitative estimate of drug-likeness (QED) is 0.513. The van der Waals surface area contributed by atoms with Gasteiger partial charge in [-0.2, -0.15) is 0 Å². The molecule has 3 aromatic rings. The third-order valence-electron chi connectivity index (χ3n) is 5.37. The van der Waals surface area contributed by atoms with E-state index in [0.29, 0.717) is 16.9 Å². The summed E-state index contributed by atoms with van der Waals surface area (Å²) >= 11 is 0. The fraction of sp³-hybridized carbons (Fsp3) is 0.115. The Labute approximate surface area is 194 Å². The summed E-state index contributed by atoms with van der Waals surface area (Å²) in [6, 6.07) is 16.6. The van der Waals surface area contributed by atoms with Crippen molar-refractivity contribution in [2.24, 2.45) is 0 Å².